The van der Waals surface area contributed by atoms with Gasteiger partial charge in [0.1, 0.15) is 22.3 Å². The Morgan fingerprint density at radius 2 is 1.07 bits per heavy atom. The molecule has 0 saturated heterocycles. The molecule has 2 heterocycles. The van der Waals surface area contributed by atoms with E-state index in [9.17, 15) is 0 Å². The van der Waals surface area contributed by atoms with Crippen molar-refractivity contribution < 1.29 is 8.83 Å². The standard InChI is InChI=1S/C54H32O2/c1-3-29-14-22-40-43(26-29)56-54-50(40)49(39-25-21-35-19-17-31-8-5-9-33-20-24-38(39)48(35)45(31)33)53-51(41-23-15-30(4-2)27-44(41)55-53)52(54)42-28-36-12-6-10-32-16-18-34-11-7-13-37(42)47(34)46(32)36/h3-9,11-12,14-28H,1-2,10,13H2. The number of hydrogen-bond acceptors (Lipinski definition) is 2. The largest absolute Gasteiger partial charge is 0.455 e. The van der Waals surface area contributed by atoms with Gasteiger partial charge in [-0.1, -0.05) is 128 Å². The third-order valence-corrected chi connectivity index (χ3v) is 12.7. The molecule has 2 aromatic heterocycles. The minimum atomic E-state index is 0.835. The van der Waals surface area contributed by atoms with E-state index in [1.807, 2.05) is 12.2 Å². The highest BCUT2D eigenvalue weighted by molar-refractivity contribution is 6.34. The van der Waals surface area contributed by atoms with Gasteiger partial charge in [-0.2, -0.15) is 0 Å². The molecule has 0 spiro atoms. The second-order valence-corrected chi connectivity index (χ2v) is 15.5. The monoisotopic (exact) mass is 712 g/mol. The molecular weight excluding hydrogens is 681 g/mol. The summed E-state index contributed by atoms with van der Waals surface area (Å²) in [7, 11) is 0. The first-order chi connectivity index (χ1) is 27.7. The van der Waals surface area contributed by atoms with E-state index in [1.165, 1.54) is 70.9 Å². The number of benzene rings is 9. The zero-order valence-electron chi connectivity index (χ0n) is 30.5. The summed E-state index contributed by atoms with van der Waals surface area (Å²) < 4.78 is 14.5. The zero-order chi connectivity index (χ0) is 36.8. The van der Waals surface area contributed by atoms with Gasteiger partial charge in [0.05, 0.1) is 0 Å². The van der Waals surface area contributed by atoms with Crippen LogP contribution in [0.25, 0.3) is 134 Å². The van der Waals surface area contributed by atoms with Gasteiger partial charge in [0.2, 0.25) is 0 Å². The first-order valence-electron chi connectivity index (χ1n) is 19.4. The van der Waals surface area contributed by atoms with Crippen LogP contribution in [0.1, 0.15) is 33.4 Å². The SMILES string of the molecule is C=Cc1ccc2c(c1)oc1c(-c3ccc4ccc5cccc6ccc3c4c56)c3c(oc4cc(C=C)ccc43)c(-c3cc4c5c(ccc6c5c3CC=C6)CC=C4)c12. The Bertz CT molecular complexity index is 3640. The smallest absolute Gasteiger partial charge is 0.144 e. The van der Waals surface area contributed by atoms with E-state index in [1.54, 1.807) is 0 Å². The van der Waals surface area contributed by atoms with Crippen molar-refractivity contribution in [2.24, 2.45) is 0 Å². The molecule has 9 aromatic carbocycles. The van der Waals surface area contributed by atoms with Crippen molar-refractivity contribution in [1.29, 1.82) is 0 Å². The highest BCUT2D eigenvalue weighted by Crippen LogP contribution is 2.54. The van der Waals surface area contributed by atoms with Crippen molar-refractivity contribution in [3.63, 3.8) is 0 Å². The van der Waals surface area contributed by atoms with E-state index in [0.29, 0.717) is 0 Å². The molecule has 2 aliphatic carbocycles. The summed E-state index contributed by atoms with van der Waals surface area (Å²) >= 11 is 0. The van der Waals surface area contributed by atoms with Gasteiger partial charge in [0.15, 0.2) is 0 Å². The number of fused-ring (bicyclic) bond motifs is 6. The lowest BCUT2D eigenvalue weighted by atomic mass is 9.79. The average molecular weight is 713 g/mol. The summed E-state index contributed by atoms with van der Waals surface area (Å²) in [5.41, 5.74) is 15.1. The molecular formula is C54H32O2. The van der Waals surface area contributed by atoms with Crippen LogP contribution in [0.5, 0.6) is 0 Å². The van der Waals surface area contributed by atoms with Crippen molar-refractivity contribution in [2.75, 3.05) is 0 Å². The Kier molecular flexibility index (Phi) is 5.79. The maximum atomic E-state index is 7.27. The second-order valence-electron chi connectivity index (χ2n) is 15.5. The van der Waals surface area contributed by atoms with Crippen LogP contribution in [0.2, 0.25) is 0 Å². The predicted molar refractivity (Wildman–Crippen MR) is 239 cm³/mol. The Morgan fingerprint density at radius 1 is 0.464 bits per heavy atom. The number of allylic oxidation sites excluding steroid dienone is 2. The van der Waals surface area contributed by atoms with Gasteiger partial charge in [-0.15, -0.1) is 0 Å². The first-order valence-corrected chi connectivity index (χ1v) is 19.4. The second kappa shape index (κ2) is 10.7. The quantitative estimate of drug-likeness (QED) is 0.170. The van der Waals surface area contributed by atoms with Crippen LogP contribution in [-0.4, -0.2) is 0 Å². The van der Waals surface area contributed by atoms with E-state index in [2.05, 4.69) is 147 Å². The lowest BCUT2D eigenvalue weighted by molar-refractivity contribution is 0.665. The minimum absolute atomic E-state index is 0.835. The molecule has 0 amide bonds. The molecule has 0 atom stereocenters. The van der Waals surface area contributed by atoms with Crippen molar-refractivity contribution in [3.05, 3.63) is 168 Å². The molecule has 56 heavy (non-hydrogen) atoms. The van der Waals surface area contributed by atoms with Crippen LogP contribution >= 0.6 is 0 Å². The predicted octanol–water partition coefficient (Wildman–Crippen LogP) is 15.3. The minimum Gasteiger partial charge on any atom is -0.455 e. The highest BCUT2D eigenvalue weighted by atomic mass is 16.3. The molecule has 0 saturated carbocycles. The fourth-order valence-corrected chi connectivity index (χ4v) is 10.3. The zero-order valence-corrected chi connectivity index (χ0v) is 30.5. The summed E-state index contributed by atoms with van der Waals surface area (Å²) in [5.74, 6) is 0. The highest BCUT2D eigenvalue weighted by Gasteiger charge is 2.30. The lowest BCUT2D eigenvalue weighted by Crippen LogP contribution is -2.03. The molecule has 260 valence electrons. The van der Waals surface area contributed by atoms with Gasteiger partial charge in [0, 0.05) is 32.7 Å². The van der Waals surface area contributed by atoms with Crippen LogP contribution in [0.3, 0.4) is 0 Å². The van der Waals surface area contributed by atoms with E-state index in [-0.39, 0.29) is 0 Å². The van der Waals surface area contributed by atoms with Crippen molar-refractivity contribution >= 4 is 111 Å². The molecule has 0 fully saturated rings. The van der Waals surface area contributed by atoms with E-state index in [0.717, 1.165) is 84.5 Å². The summed E-state index contributed by atoms with van der Waals surface area (Å²) in [6.45, 7) is 8.20. The molecule has 0 N–H and O–H groups in total. The van der Waals surface area contributed by atoms with E-state index in [4.69, 9.17) is 8.83 Å². The fraction of sp³-hybridized carbons (Fsp3) is 0.0370. The third kappa shape index (κ3) is 3.80. The van der Waals surface area contributed by atoms with Crippen LogP contribution in [0, 0.1) is 0 Å². The van der Waals surface area contributed by atoms with Gasteiger partial charge in [-0.05, 0) is 131 Å². The van der Waals surface area contributed by atoms with E-state index < -0.39 is 0 Å². The molecule has 11 aromatic rings. The number of hydrogen-bond donors (Lipinski definition) is 0. The molecule has 2 aliphatic rings. The first kappa shape index (κ1) is 30.2. The number of furan rings is 2. The summed E-state index contributed by atoms with van der Waals surface area (Å²) in [4.78, 5) is 0. The van der Waals surface area contributed by atoms with Crippen LogP contribution < -0.4 is 0 Å². The normalized spacial score (nSPS) is 13.6. The Morgan fingerprint density at radius 3 is 1.79 bits per heavy atom. The lowest BCUT2D eigenvalue weighted by Gasteiger charge is -2.24. The number of rotatable bonds is 4. The molecule has 0 bridgehead atoms. The molecule has 13 rings (SSSR count). The maximum Gasteiger partial charge on any atom is 0.144 e. The summed E-state index contributed by atoms with van der Waals surface area (Å²) in [6.07, 6.45) is 14.8. The molecule has 0 aliphatic heterocycles. The maximum absolute atomic E-state index is 7.27. The Labute approximate surface area is 321 Å². The molecule has 0 radical (unpaired) electrons. The van der Waals surface area contributed by atoms with Gasteiger partial charge >= 0.3 is 0 Å². The summed E-state index contributed by atoms with van der Waals surface area (Å²) in [6, 6.07) is 40.2. The van der Waals surface area contributed by atoms with Crippen molar-refractivity contribution in [3.8, 4) is 22.3 Å². The van der Waals surface area contributed by atoms with Crippen LogP contribution in [0.4, 0.5) is 0 Å². The summed E-state index contributed by atoms with van der Waals surface area (Å²) in [5, 5.41) is 14.5. The third-order valence-electron chi connectivity index (χ3n) is 12.7. The molecule has 2 heteroatoms. The Balaban J connectivity index is 1.28. The van der Waals surface area contributed by atoms with Gasteiger partial charge in [0.25, 0.3) is 0 Å². The van der Waals surface area contributed by atoms with E-state index >= 15 is 0 Å². The Hall–Kier alpha value is -7.16. The topological polar surface area (TPSA) is 26.3 Å². The van der Waals surface area contributed by atoms with Crippen molar-refractivity contribution in [2.45, 2.75) is 12.8 Å². The average Bonchev–Trinajstić information content (AvgIpc) is 3.82. The van der Waals surface area contributed by atoms with Gasteiger partial charge < -0.3 is 8.83 Å². The van der Waals surface area contributed by atoms with Gasteiger partial charge in [-0.25, -0.2) is 0 Å². The molecule has 0 unspecified atom stereocenters. The van der Waals surface area contributed by atoms with Gasteiger partial charge in [-0.3, -0.25) is 0 Å². The fourth-order valence-electron chi connectivity index (χ4n) is 10.3. The van der Waals surface area contributed by atoms with Crippen LogP contribution in [-0.2, 0) is 12.8 Å². The van der Waals surface area contributed by atoms with Crippen molar-refractivity contribution in [1.82, 2.24) is 0 Å². The van der Waals surface area contributed by atoms with Crippen LogP contribution in [0.15, 0.2) is 143 Å². The molecule has 2 nitrogen and oxygen atoms in total.